The number of aromatic nitrogens is 2. The Labute approximate surface area is 111 Å². The van der Waals surface area contributed by atoms with Crippen molar-refractivity contribution in [3.63, 3.8) is 0 Å². The quantitative estimate of drug-likeness (QED) is 0.875. The number of rotatable bonds is 6. The molecule has 4 nitrogen and oxygen atoms in total. The van der Waals surface area contributed by atoms with E-state index >= 15 is 0 Å². The summed E-state index contributed by atoms with van der Waals surface area (Å²) in [5, 5.41) is 3.23. The van der Waals surface area contributed by atoms with Gasteiger partial charge in [0.1, 0.15) is 12.4 Å². The molecule has 0 radical (unpaired) electrons. The molecule has 1 N–H and O–H groups in total. The van der Waals surface area contributed by atoms with E-state index in [1.165, 1.54) is 0 Å². The van der Waals surface area contributed by atoms with Crippen molar-refractivity contribution in [2.45, 2.75) is 40.2 Å². The number of hydrogen-bond acceptors (Lipinski definition) is 4. The van der Waals surface area contributed by atoms with Crippen LogP contribution in [0.5, 0.6) is 0 Å². The van der Waals surface area contributed by atoms with Crippen molar-refractivity contribution in [3.8, 4) is 0 Å². The van der Waals surface area contributed by atoms with Crippen molar-refractivity contribution in [1.29, 1.82) is 0 Å². The van der Waals surface area contributed by atoms with Crippen molar-refractivity contribution >= 4 is 21.7 Å². The summed E-state index contributed by atoms with van der Waals surface area (Å²) in [5.41, 5.74) is 1.02. The van der Waals surface area contributed by atoms with Gasteiger partial charge in [0.25, 0.3) is 0 Å². The highest BCUT2D eigenvalue weighted by Gasteiger charge is 2.14. The largest absolute Gasteiger partial charge is 0.374 e. The summed E-state index contributed by atoms with van der Waals surface area (Å²) in [5.74, 6) is 1.93. The third-order valence-corrected chi connectivity index (χ3v) is 3.03. The Hall–Kier alpha value is -0.680. The fourth-order valence-electron chi connectivity index (χ4n) is 1.44. The van der Waals surface area contributed by atoms with Crippen molar-refractivity contribution in [2.24, 2.45) is 0 Å². The highest BCUT2D eigenvalue weighted by Crippen LogP contribution is 2.28. The van der Waals surface area contributed by atoms with Crippen LogP contribution in [-0.4, -0.2) is 23.1 Å². The molecule has 0 bridgehead atoms. The van der Waals surface area contributed by atoms with E-state index in [2.05, 4.69) is 45.1 Å². The van der Waals surface area contributed by atoms with Gasteiger partial charge in [-0.05, 0) is 35.7 Å². The van der Waals surface area contributed by atoms with E-state index in [9.17, 15) is 0 Å². The molecule has 1 aromatic rings. The number of nitrogens with zero attached hydrogens (tertiary/aromatic N) is 2. The number of ether oxygens (including phenoxy) is 1. The van der Waals surface area contributed by atoms with Gasteiger partial charge in [0.2, 0.25) is 0 Å². The van der Waals surface area contributed by atoms with Gasteiger partial charge in [-0.3, -0.25) is 0 Å². The molecule has 1 rings (SSSR count). The first-order valence-corrected chi connectivity index (χ1v) is 6.77. The molecule has 0 aliphatic heterocycles. The van der Waals surface area contributed by atoms with E-state index in [1.807, 2.05) is 13.8 Å². The third-order valence-electron chi connectivity index (χ3n) is 2.25. The molecule has 0 aliphatic carbocycles. The van der Waals surface area contributed by atoms with Crippen LogP contribution in [0.1, 0.15) is 45.1 Å². The Morgan fingerprint density at radius 1 is 1.29 bits per heavy atom. The zero-order valence-corrected chi connectivity index (χ0v) is 12.5. The predicted molar refractivity (Wildman–Crippen MR) is 73.3 cm³/mol. The van der Waals surface area contributed by atoms with Crippen molar-refractivity contribution in [3.05, 3.63) is 16.0 Å². The van der Waals surface area contributed by atoms with Crippen LogP contribution in [-0.2, 0) is 11.3 Å². The summed E-state index contributed by atoms with van der Waals surface area (Å²) in [6, 6.07) is 0. The van der Waals surface area contributed by atoms with Gasteiger partial charge >= 0.3 is 0 Å². The maximum atomic E-state index is 5.36. The molecule has 0 fully saturated rings. The molecular formula is C12H20BrN3O. The number of hydrogen-bond donors (Lipinski definition) is 1. The summed E-state index contributed by atoms with van der Waals surface area (Å²) in [7, 11) is 0. The van der Waals surface area contributed by atoms with Gasteiger partial charge in [-0.2, -0.15) is 0 Å². The molecule has 5 heteroatoms. The first kappa shape index (κ1) is 14.4. The summed E-state index contributed by atoms with van der Waals surface area (Å²) in [4.78, 5) is 8.98. The van der Waals surface area contributed by atoms with Crippen LogP contribution in [0.4, 0.5) is 5.82 Å². The lowest BCUT2D eigenvalue weighted by Crippen LogP contribution is -2.10. The highest BCUT2D eigenvalue weighted by atomic mass is 79.9. The number of halogens is 1. The van der Waals surface area contributed by atoms with Gasteiger partial charge < -0.3 is 10.1 Å². The monoisotopic (exact) mass is 301 g/mol. The van der Waals surface area contributed by atoms with Gasteiger partial charge in [-0.25, -0.2) is 9.97 Å². The summed E-state index contributed by atoms with van der Waals surface area (Å²) in [6.45, 7) is 10.2. The van der Waals surface area contributed by atoms with E-state index in [1.54, 1.807) is 0 Å². The molecule has 0 unspecified atom stereocenters. The Morgan fingerprint density at radius 2 is 2.00 bits per heavy atom. The topological polar surface area (TPSA) is 47.0 Å². The second-order valence-corrected chi connectivity index (χ2v) is 4.80. The highest BCUT2D eigenvalue weighted by molar-refractivity contribution is 9.10. The summed E-state index contributed by atoms with van der Waals surface area (Å²) < 4.78 is 6.31. The molecule has 0 saturated heterocycles. The minimum absolute atomic E-state index is 0.352. The fraction of sp³-hybridized carbons (Fsp3) is 0.667. The average Bonchev–Trinajstić information content (AvgIpc) is 2.29. The van der Waals surface area contributed by atoms with Crippen molar-refractivity contribution in [1.82, 2.24) is 9.97 Å². The smallest absolute Gasteiger partial charge is 0.156 e. The van der Waals surface area contributed by atoms with E-state index in [4.69, 9.17) is 4.74 Å². The molecule has 0 aliphatic rings. The zero-order chi connectivity index (χ0) is 12.8. The summed E-state index contributed by atoms with van der Waals surface area (Å²) >= 11 is 3.56. The van der Waals surface area contributed by atoms with Crippen LogP contribution < -0.4 is 5.32 Å². The molecule has 17 heavy (non-hydrogen) atoms. The average molecular weight is 302 g/mol. The number of nitrogens with one attached hydrogen (secondary N) is 1. The fourth-order valence-corrected chi connectivity index (χ4v) is 2.21. The van der Waals surface area contributed by atoms with Crippen LogP contribution in [0.25, 0.3) is 0 Å². The van der Waals surface area contributed by atoms with Crippen molar-refractivity contribution < 1.29 is 4.74 Å². The number of anilines is 1. The van der Waals surface area contributed by atoms with Crippen LogP contribution in [0.3, 0.4) is 0 Å². The lowest BCUT2D eigenvalue weighted by atomic mass is 10.1. The standard InChI is InChI=1S/C12H20BrN3O/c1-5-14-12-10(13)11(8(3)4)15-9(16-12)7-17-6-2/h8H,5-7H2,1-4H3,(H,14,15,16). The van der Waals surface area contributed by atoms with Crippen LogP contribution in [0, 0.1) is 0 Å². The maximum absolute atomic E-state index is 5.36. The second-order valence-electron chi connectivity index (χ2n) is 4.01. The maximum Gasteiger partial charge on any atom is 0.156 e. The van der Waals surface area contributed by atoms with Gasteiger partial charge in [0.05, 0.1) is 10.2 Å². The van der Waals surface area contributed by atoms with E-state index in [-0.39, 0.29) is 0 Å². The molecule has 0 spiro atoms. The Bertz CT molecular complexity index is 369. The second kappa shape index (κ2) is 6.91. The molecule has 0 aromatic carbocycles. The van der Waals surface area contributed by atoms with E-state index in [0.717, 1.165) is 28.4 Å². The zero-order valence-electron chi connectivity index (χ0n) is 10.9. The molecule has 0 amide bonds. The Morgan fingerprint density at radius 3 is 2.53 bits per heavy atom. The predicted octanol–water partition coefficient (Wildman–Crippen LogP) is 3.33. The van der Waals surface area contributed by atoms with Crippen LogP contribution >= 0.6 is 15.9 Å². The Balaban J connectivity index is 3.07. The molecular weight excluding hydrogens is 282 g/mol. The molecule has 0 saturated carbocycles. The first-order chi connectivity index (χ1) is 8.10. The molecule has 96 valence electrons. The summed E-state index contributed by atoms with van der Waals surface area (Å²) in [6.07, 6.45) is 0. The van der Waals surface area contributed by atoms with Gasteiger partial charge in [-0.1, -0.05) is 13.8 Å². The third kappa shape index (κ3) is 3.92. The first-order valence-electron chi connectivity index (χ1n) is 5.98. The minimum Gasteiger partial charge on any atom is -0.374 e. The lowest BCUT2D eigenvalue weighted by Gasteiger charge is -2.14. The van der Waals surface area contributed by atoms with Crippen LogP contribution in [0.15, 0.2) is 4.47 Å². The van der Waals surface area contributed by atoms with Gasteiger partial charge in [-0.15, -0.1) is 0 Å². The lowest BCUT2D eigenvalue weighted by molar-refractivity contribution is 0.128. The SMILES string of the molecule is CCNc1nc(COCC)nc(C(C)C)c1Br. The molecule has 1 aromatic heterocycles. The normalized spacial score (nSPS) is 10.9. The van der Waals surface area contributed by atoms with E-state index in [0.29, 0.717) is 19.1 Å². The Kier molecular flexibility index (Phi) is 5.85. The molecule has 0 atom stereocenters. The van der Waals surface area contributed by atoms with Gasteiger partial charge in [0.15, 0.2) is 5.82 Å². The molecule has 1 heterocycles. The van der Waals surface area contributed by atoms with Crippen molar-refractivity contribution in [2.75, 3.05) is 18.5 Å². The minimum atomic E-state index is 0.352. The van der Waals surface area contributed by atoms with E-state index < -0.39 is 0 Å². The van der Waals surface area contributed by atoms with Gasteiger partial charge in [0, 0.05) is 13.2 Å². The van der Waals surface area contributed by atoms with Crippen LogP contribution in [0.2, 0.25) is 0 Å².